The molecule has 6 heteroatoms. The van der Waals surface area contributed by atoms with Crippen molar-refractivity contribution in [3.63, 3.8) is 0 Å². The third kappa shape index (κ3) is 3.18. The van der Waals surface area contributed by atoms with Crippen LogP contribution in [0.5, 0.6) is 5.88 Å². The highest BCUT2D eigenvalue weighted by Gasteiger charge is 2.29. The van der Waals surface area contributed by atoms with Crippen LogP contribution in [0, 0.1) is 6.92 Å². The number of aryl methyl sites for hydroxylation is 1. The predicted molar refractivity (Wildman–Crippen MR) is 98.5 cm³/mol. The largest absolute Gasteiger partial charge is 0.472 e. The molecule has 132 valence electrons. The highest BCUT2D eigenvalue weighted by Crippen LogP contribution is 2.21. The number of hydrogen-bond donors (Lipinski definition) is 1. The van der Waals surface area contributed by atoms with E-state index in [1.54, 1.807) is 17.2 Å². The fourth-order valence-electron chi connectivity index (χ4n) is 3.26. The van der Waals surface area contributed by atoms with Crippen LogP contribution >= 0.6 is 0 Å². The van der Waals surface area contributed by atoms with Gasteiger partial charge in [-0.1, -0.05) is 24.3 Å². The van der Waals surface area contributed by atoms with Gasteiger partial charge in [-0.05, 0) is 18.6 Å². The molecule has 4 rings (SSSR count). The Morgan fingerprint density at radius 2 is 2.12 bits per heavy atom. The number of nitrogens with zero attached hydrogens (tertiary/aromatic N) is 2. The number of nitrogens with one attached hydrogen (secondary N) is 1. The molecule has 1 aliphatic rings. The predicted octanol–water partition coefficient (Wildman–Crippen LogP) is 2.53. The fourth-order valence-corrected chi connectivity index (χ4v) is 3.26. The Morgan fingerprint density at radius 1 is 1.27 bits per heavy atom. The lowest BCUT2D eigenvalue weighted by Crippen LogP contribution is -2.32. The summed E-state index contributed by atoms with van der Waals surface area (Å²) in [5, 5.41) is 0.752. The Hall–Kier alpha value is -3.15. The second kappa shape index (κ2) is 6.63. The number of H-pyrrole nitrogens is 1. The molecule has 26 heavy (non-hydrogen) atoms. The van der Waals surface area contributed by atoms with E-state index in [4.69, 9.17) is 4.74 Å². The first kappa shape index (κ1) is 16.3. The van der Waals surface area contributed by atoms with Crippen molar-refractivity contribution in [3.05, 3.63) is 70.1 Å². The summed E-state index contributed by atoms with van der Waals surface area (Å²) in [7, 11) is 0. The average Bonchev–Trinajstić information content (AvgIpc) is 3.11. The number of amides is 1. The quantitative estimate of drug-likeness (QED) is 0.788. The number of rotatable bonds is 3. The Bertz CT molecular complexity index is 1010. The van der Waals surface area contributed by atoms with E-state index in [0.29, 0.717) is 30.0 Å². The first-order chi connectivity index (χ1) is 12.6. The van der Waals surface area contributed by atoms with Crippen LogP contribution in [-0.4, -0.2) is 40.0 Å². The van der Waals surface area contributed by atoms with E-state index in [0.717, 1.165) is 17.4 Å². The third-order valence-corrected chi connectivity index (χ3v) is 4.58. The summed E-state index contributed by atoms with van der Waals surface area (Å²) >= 11 is 0. The van der Waals surface area contributed by atoms with Crippen molar-refractivity contribution < 1.29 is 9.53 Å². The maximum Gasteiger partial charge on any atom is 0.254 e. The molecule has 1 saturated heterocycles. The Morgan fingerprint density at radius 3 is 2.92 bits per heavy atom. The molecule has 1 atom stereocenters. The maximum absolute atomic E-state index is 13.0. The standard InChI is InChI=1S/C20H19N3O3/c1-13-6-7-19(21-11-13)26-14-8-9-23(12-14)20(25)16-10-18(24)22-17-5-3-2-4-15(16)17/h2-7,10-11,14H,8-9,12H2,1H3,(H,22,24)/t14-/m1/s1. The van der Waals surface area contributed by atoms with Crippen LogP contribution in [0.4, 0.5) is 0 Å². The summed E-state index contributed by atoms with van der Waals surface area (Å²) in [5.41, 5.74) is 1.89. The summed E-state index contributed by atoms with van der Waals surface area (Å²) < 4.78 is 5.88. The summed E-state index contributed by atoms with van der Waals surface area (Å²) in [6.07, 6.45) is 2.40. The summed E-state index contributed by atoms with van der Waals surface area (Å²) in [4.78, 5) is 33.6. The maximum atomic E-state index is 13.0. The number of carbonyl (C=O) groups is 1. The summed E-state index contributed by atoms with van der Waals surface area (Å²) in [6, 6.07) is 12.5. The van der Waals surface area contributed by atoms with Crippen molar-refractivity contribution >= 4 is 16.8 Å². The topological polar surface area (TPSA) is 75.3 Å². The molecule has 0 spiro atoms. The Kier molecular flexibility index (Phi) is 4.16. The van der Waals surface area contributed by atoms with Crippen molar-refractivity contribution in [2.75, 3.05) is 13.1 Å². The molecule has 3 aromatic rings. The molecule has 6 nitrogen and oxygen atoms in total. The van der Waals surface area contributed by atoms with Crippen LogP contribution in [0.2, 0.25) is 0 Å². The van der Waals surface area contributed by atoms with E-state index in [9.17, 15) is 9.59 Å². The van der Waals surface area contributed by atoms with Gasteiger partial charge < -0.3 is 14.6 Å². The lowest BCUT2D eigenvalue weighted by Gasteiger charge is -2.18. The van der Waals surface area contributed by atoms with Crippen molar-refractivity contribution in [1.29, 1.82) is 0 Å². The van der Waals surface area contributed by atoms with Crippen LogP contribution in [0.1, 0.15) is 22.3 Å². The van der Waals surface area contributed by atoms with Gasteiger partial charge in [0.15, 0.2) is 0 Å². The molecule has 0 bridgehead atoms. The second-order valence-corrected chi connectivity index (χ2v) is 6.55. The van der Waals surface area contributed by atoms with Crippen molar-refractivity contribution in [3.8, 4) is 5.88 Å². The van der Waals surface area contributed by atoms with Gasteiger partial charge >= 0.3 is 0 Å². The highest BCUT2D eigenvalue weighted by atomic mass is 16.5. The number of fused-ring (bicyclic) bond motifs is 1. The van der Waals surface area contributed by atoms with Gasteiger partial charge in [0.1, 0.15) is 6.10 Å². The molecule has 1 amide bonds. The zero-order chi connectivity index (χ0) is 18.1. The van der Waals surface area contributed by atoms with Crippen LogP contribution in [0.3, 0.4) is 0 Å². The van der Waals surface area contributed by atoms with Gasteiger partial charge in [-0.2, -0.15) is 0 Å². The summed E-state index contributed by atoms with van der Waals surface area (Å²) in [6.45, 7) is 3.05. The molecule has 2 aromatic heterocycles. The molecule has 1 N–H and O–H groups in total. The zero-order valence-corrected chi connectivity index (χ0v) is 14.4. The second-order valence-electron chi connectivity index (χ2n) is 6.55. The lowest BCUT2D eigenvalue weighted by molar-refractivity contribution is 0.0773. The minimum absolute atomic E-state index is 0.0950. The number of hydrogen-bond acceptors (Lipinski definition) is 4. The smallest absolute Gasteiger partial charge is 0.254 e. The van der Waals surface area contributed by atoms with E-state index in [2.05, 4.69) is 9.97 Å². The average molecular weight is 349 g/mol. The van der Waals surface area contributed by atoms with Gasteiger partial charge in [-0.3, -0.25) is 9.59 Å². The number of likely N-dealkylation sites (tertiary alicyclic amines) is 1. The van der Waals surface area contributed by atoms with Gasteiger partial charge in [0.25, 0.3) is 5.91 Å². The molecule has 0 saturated carbocycles. The molecule has 0 unspecified atom stereocenters. The monoisotopic (exact) mass is 349 g/mol. The molecular weight excluding hydrogens is 330 g/mol. The Labute approximate surface area is 150 Å². The Balaban J connectivity index is 1.53. The van der Waals surface area contributed by atoms with E-state index in [1.165, 1.54) is 6.07 Å². The zero-order valence-electron chi connectivity index (χ0n) is 14.4. The van der Waals surface area contributed by atoms with Gasteiger partial charge in [-0.25, -0.2) is 4.98 Å². The van der Waals surface area contributed by atoms with Crippen molar-refractivity contribution in [1.82, 2.24) is 14.9 Å². The number of benzene rings is 1. The molecule has 1 aliphatic heterocycles. The number of aromatic amines is 1. The highest BCUT2D eigenvalue weighted by molar-refractivity contribution is 6.06. The number of pyridine rings is 2. The first-order valence-electron chi connectivity index (χ1n) is 8.61. The van der Waals surface area contributed by atoms with Crippen LogP contribution in [0.15, 0.2) is 53.5 Å². The van der Waals surface area contributed by atoms with Gasteiger partial charge in [-0.15, -0.1) is 0 Å². The van der Waals surface area contributed by atoms with Crippen molar-refractivity contribution in [2.24, 2.45) is 0 Å². The summed E-state index contributed by atoms with van der Waals surface area (Å²) in [5.74, 6) is 0.423. The molecule has 3 heterocycles. The van der Waals surface area contributed by atoms with Crippen molar-refractivity contribution in [2.45, 2.75) is 19.4 Å². The van der Waals surface area contributed by atoms with Crippen LogP contribution in [-0.2, 0) is 0 Å². The normalized spacial score (nSPS) is 16.8. The van der Waals surface area contributed by atoms with Gasteiger partial charge in [0.2, 0.25) is 11.4 Å². The minimum atomic E-state index is -0.275. The van der Waals surface area contributed by atoms with E-state index in [1.807, 2.05) is 37.3 Å². The lowest BCUT2D eigenvalue weighted by atomic mass is 10.1. The SMILES string of the molecule is Cc1ccc(O[C@@H]2CCN(C(=O)c3cc(=O)[nH]c4ccccc34)C2)nc1. The van der Waals surface area contributed by atoms with E-state index >= 15 is 0 Å². The van der Waals surface area contributed by atoms with E-state index in [-0.39, 0.29) is 17.6 Å². The first-order valence-corrected chi connectivity index (χ1v) is 8.61. The number of aromatic nitrogens is 2. The number of carbonyl (C=O) groups excluding carboxylic acids is 1. The molecule has 1 aromatic carbocycles. The van der Waals surface area contributed by atoms with Gasteiger partial charge in [0.05, 0.1) is 12.1 Å². The fraction of sp³-hybridized carbons (Fsp3) is 0.250. The number of ether oxygens (including phenoxy) is 1. The molecule has 0 aliphatic carbocycles. The van der Waals surface area contributed by atoms with E-state index < -0.39 is 0 Å². The molecule has 0 radical (unpaired) electrons. The minimum Gasteiger partial charge on any atom is -0.472 e. The van der Waals surface area contributed by atoms with Crippen LogP contribution in [0.25, 0.3) is 10.9 Å². The number of para-hydroxylation sites is 1. The van der Waals surface area contributed by atoms with Gasteiger partial charge in [0, 0.05) is 42.2 Å². The molecule has 1 fully saturated rings. The third-order valence-electron chi connectivity index (χ3n) is 4.58. The molecular formula is C20H19N3O3. The van der Waals surface area contributed by atoms with Crippen LogP contribution < -0.4 is 10.3 Å².